The molecule has 28 heavy (non-hydrogen) atoms. The van der Waals surface area contributed by atoms with E-state index < -0.39 is 10.8 Å². The Hall–Kier alpha value is -2.82. The summed E-state index contributed by atoms with van der Waals surface area (Å²) in [5.74, 6) is 6.63. The van der Waals surface area contributed by atoms with E-state index in [1.165, 1.54) is 7.11 Å². The lowest BCUT2D eigenvalue weighted by Gasteiger charge is -2.22. The van der Waals surface area contributed by atoms with Crippen molar-refractivity contribution in [2.75, 3.05) is 12.1 Å². The van der Waals surface area contributed by atoms with Crippen LogP contribution in [0.1, 0.15) is 31.9 Å². The minimum Gasteiger partial charge on any atom is -0.495 e. The van der Waals surface area contributed by atoms with E-state index in [2.05, 4.69) is 20.8 Å². The molecular weight excluding hydrogens is 372 g/mol. The van der Waals surface area contributed by atoms with Gasteiger partial charge in [0.1, 0.15) is 33.3 Å². The molecule has 4 N–H and O–H groups in total. The molecule has 148 valence electrons. The van der Waals surface area contributed by atoms with Crippen LogP contribution in [0.4, 0.5) is 5.69 Å². The van der Waals surface area contributed by atoms with Crippen molar-refractivity contribution in [3.63, 3.8) is 0 Å². The van der Waals surface area contributed by atoms with Crippen LogP contribution in [-0.2, 0) is 16.2 Å². The number of rotatable bonds is 5. The van der Waals surface area contributed by atoms with Gasteiger partial charge in [-0.3, -0.25) is 5.01 Å². The predicted molar refractivity (Wildman–Crippen MR) is 113 cm³/mol. The standard InChI is InChI=1S/C21H26N4O2S/c1-14-6-11-19(27-5)17(12-14)25(24)18(13-22)20(23)28(26)16-9-7-15(8-10-16)21(2,3)4/h6-12H,23-24H2,1-5H3/b20-18+. The molecule has 2 aromatic rings. The molecule has 0 bridgehead atoms. The normalized spacial score (nSPS) is 13.3. The van der Waals surface area contributed by atoms with Crippen molar-refractivity contribution in [2.45, 2.75) is 38.0 Å². The first kappa shape index (κ1) is 21.5. The van der Waals surface area contributed by atoms with Gasteiger partial charge in [0.05, 0.1) is 7.11 Å². The average molecular weight is 399 g/mol. The molecule has 0 aliphatic carbocycles. The zero-order valence-corrected chi connectivity index (χ0v) is 17.6. The molecule has 2 rings (SSSR count). The molecule has 0 aliphatic rings. The molecule has 0 fully saturated rings. The summed E-state index contributed by atoms with van der Waals surface area (Å²) in [6.07, 6.45) is 0. The van der Waals surface area contributed by atoms with E-state index in [0.29, 0.717) is 16.3 Å². The van der Waals surface area contributed by atoms with Gasteiger partial charge in [0.15, 0.2) is 5.70 Å². The number of hydrogen-bond donors (Lipinski definition) is 2. The van der Waals surface area contributed by atoms with Gasteiger partial charge in [-0.1, -0.05) is 39.0 Å². The highest BCUT2D eigenvalue weighted by Gasteiger charge is 2.21. The third-order valence-electron chi connectivity index (χ3n) is 4.31. The highest BCUT2D eigenvalue weighted by atomic mass is 32.2. The van der Waals surface area contributed by atoms with Crippen LogP contribution in [0.5, 0.6) is 5.75 Å². The highest BCUT2D eigenvalue weighted by Crippen LogP contribution is 2.31. The predicted octanol–water partition coefficient (Wildman–Crippen LogP) is 3.44. The number of hydrogen-bond acceptors (Lipinski definition) is 6. The molecule has 0 aliphatic heterocycles. The van der Waals surface area contributed by atoms with E-state index in [1.54, 1.807) is 24.3 Å². The Morgan fingerprint density at radius 1 is 1.18 bits per heavy atom. The molecule has 1 unspecified atom stereocenters. The minimum absolute atomic E-state index is 0.0188. The third kappa shape index (κ3) is 4.53. The number of nitrogens with zero attached hydrogens (tertiary/aromatic N) is 2. The Balaban J connectivity index is 2.44. The molecule has 0 amide bonds. The van der Waals surface area contributed by atoms with Gasteiger partial charge in [-0.2, -0.15) is 5.26 Å². The summed E-state index contributed by atoms with van der Waals surface area (Å²) in [5.41, 5.74) is 8.48. The zero-order chi connectivity index (χ0) is 21.1. The lowest BCUT2D eigenvalue weighted by Crippen LogP contribution is -2.33. The molecule has 6 nitrogen and oxygen atoms in total. The summed E-state index contributed by atoms with van der Waals surface area (Å²) >= 11 is 0. The lowest BCUT2D eigenvalue weighted by atomic mass is 9.87. The zero-order valence-electron chi connectivity index (χ0n) is 16.8. The van der Waals surface area contributed by atoms with E-state index in [0.717, 1.165) is 16.1 Å². The number of benzene rings is 2. The average Bonchev–Trinajstić information content (AvgIpc) is 2.67. The van der Waals surface area contributed by atoms with Crippen LogP contribution in [0.15, 0.2) is 58.1 Å². The van der Waals surface area contributed by atoms with Crippen LogP contribution in [0, 0.1) is 18.3 Å². The molecule has 0 spiro atoms. The van der Waals surface area contributed by atoms with Crippen LogP contribution in [0.2, 0.25) is 0 Å². The second-order valence-corrected chi connectivity index (χ2v) is 8.86. The Morgan fingerprint density at radius 3 is 2.29 bits per heavy atom. The molecule has 0 saturated heterocycles. The molecule has 0 aromatic heterocycles. The molecule has 7 heteroatoms. The molecule has 0 heterocycles. The van der Waals surface area contributed by atoms with Crippen molar-refractivity contribution in [1.29, 1.82) is 5.26 Å². The lowest BCUT2D eigenvalue weighted by molar-refractivity contribution is 0.415. The summed E-state index contributed by atoms with van der Waals surface area (Å²) in [5, 5.41) is 10.6. The van der Waals surface area contributed by atoms with Crippen molar-refractivity contribution in [1.82, 2.24) is 0 Å². The first-order valence-electron chi connectivity index (χ1n) is 8.71. The van der Waals surface area contributed by atoms with Gasteiger partial charge in [-0.05, 0) is 47.7 Å². The van der Waals surface area contributed by atoms with E-state index >= 15 is 0 Å². The summed E-state index contributed by atoms with van der Waals surface area (Å²) in [7, 11) is -0.219. The topological polar surface area (TPSA) is 105 Å². The van der Waals surface area contributed by atoms with Crippen LogP contribution in [0.25, 0.3) is 0 Å². The first-order valence-corrected chi connectivity index (χ1v) is 9.86. The van der Waals surface area contributed by atoms with E-state index in [4.69, 9.17) is 16.3 Å². The monoisotopic (exact) mass is 398 g/mol. The van der Waals surface area contributed by atoms with Crippen molar-refractivity contribution in [3.05, 3.63) is 64.3 Å². The maximum Gasteiger partial charge on any atom is 0.168 e. The van der Waals surface area contributed by atoms with Crippen LogP contribution in [-0.4, -0.2) is 11.3 Å². The number of ether oxygens (including phenoxy) is 1. The molecule has 2 aromatic carbocycles. The van der Waals surface area contributed by atoms with E-state index in [-0.39, 0.29) is 16.1 Å². The Morgan fingerprint density at radius 2 is 1.79 bits per heavy atom. The Labute approximate surface area is 168 Å². The maximum absolute atomic E-state index is 12.9. The van der Waals surface area contributed by atoms with E-state index in [1.807, 2.05) is 31.2 Å². The number of methoxy groups -OCH3 is 1. The smallest absolute Gasteiger partial charge is 0.168 e. The van der Waals surface area contributed by atoms with Crippen molar-refractivity contribution < 1.29 is 8.95 Å². The van der Waals surface area contributed by atoms with Gasteiger partial charge in [0, 0.05) is 4.90 Å². The summed E-state index contributed by atoms with van der Waals surface area (Å²) in [6, 6.07) is 14.7. The van der Waals surface area contributed by atoms with Crippen molar-refractivity contribution >= 4 is 16.5 Å². The number of hydrazine groups is 1. The van der Waals surface area contributed by atoms with Gasteiger partial charge < -0.3 is 10.5 Å². The van der Waals surface area contributed by atoms with Gasteiger partial charge in [-0.15, -0.1) is 0 Å². The second kappa shape index (κ2) is 8.46. The van der Waals surface area contributed by atoms with E-state index in [9.17, 15) is 9.47 Å². The number of nitriles is 1. The molecule has 0 saturated carbocycles. The summed E-state index contributed by atoms with van der Waals surface area (Å²) in [6.45, 7) is 8.19. The fraction of sp³-hybridized carbons (Fsp3) is 0.286. The molecule has 1 atom stereocenters. The maximum atomic E-state index is 12.9. The molecule has 0 radical (unpaired) electrons. The second-order valence-electron chi connectivity index (χ2n) is 7.41. The van der Waals surface area contributed by atoms with Crippen LogP contribution < -0.4 is 21.3 Å². The quantitative estimate of drug-likeness (QED) is 0.454. The highest BCUT2D eigenvalue weighted by molar-refractivity contribution is 7.89. The first-order chi connectivity index (χ1) is 13.1. The fourth-order valence-corrected chi connectivity index (χ4v) is 3.59. The summed E-state index contributed by atoms with van der Waals surface area (Å²) < 4.78 is 18.2. The van der Waals surface area contributed by atoms with Gasteiger partial charge in [0.2, 0.25) is 0 Å². The van der Waals surface area contributed by atoms with Crippen molar-refractivity contribution in [2.24, 2.45) is 11.6 Å². The summed E-state index contributed by atoms with van der Waals surface area (Å²) in [4.78, 5) is 0.503. The molecular formula is C21H26N4O2S. The van der Waals surface area contributed by atoms with Crippen LogP contribution >= 0.6 is 0 Å². The van der Waals surface area contributed by atoms with Crippen LogP contribution in [0.3, 0.4) is 0 Å². The van der Waals surface area contributed by atoms with Gasteiger partial charge >= 0.3 is 0 Å². The van der Waals surface area contributed by atoms with Gasteiger partial charge in [0.25, 0.3) is 0 Å². The largest absolute Gasteiger partial charge is 0.495 e. The fourth-order valence-electron chi connectivity index (χ4n) is 2.63. The third-order valence-corrected chi connectivity index (χ3v) is 5.60. The number of aryl methyl sites for hydroxylation is 1. The van der Waals surface area contributed by atoms with Gasteiger partial charge in [-0.25, -0.2) is 10.1 Å². The SMILES string of the molecule is COc1ccc(C)cc1N(N)/C(C#N)=C(\N)S(=O)c1ccc(C(C)(C)C)cc1. The van der Waals surface area contributed by atoms with Crippen molar-refractivity contribution in [3.8, 4) is 11.8 Å². The Bertz CT molecular complexity index is 954. The minimum atomic E-state index is -1.73. The number of nitrogens with two attached hydrogens (primary N) is 2. The number of allylic oxidation sites excluding steroid dienone is 1. The number of anilines is 1. The Kier molecular flexibility index (Phi) is 6.49.